The average Bonchev–Trinajstić information content (AvgIpc) is 2.70. The molecule has 0 bridgehead atoms. The number of unbranched alkanes of at least 4 members (excludes halogenated alkanes) is 2. The van der Waals surface area contributed by atoms with E-state index in [4.69, 9.17) is 0 Å². The van der Waals surface area contributed by atoms with Gasteiger partial charge in [-0.1, -0.05) is 68.4 Å². The zero-order chi connectivity index (χ0) is 19.2. The zero-order valence-electron chi connectivity index (χ0n) is 17.1. The molecule has 2 rings (SSSR count). The van der Waals surface area contributed by atoms with Gasteiger partial charge in [-0.2, -0.15) is 0 Å². The largest absolute Gasteiger partial charge is 0.303 e. The molecule has 2 aromatic carbocycles. The normalized spacial score (nSPS) is 11.5. The number of hydrogen-bond acceptors (Lipinski definition) is 2. The van der Waals surface area contributed by atoms with Gasteiger partial charge in [0.2, 0.25) is 0 Å². The number of rotatable bonds is 13. The lowest BCUT2D eigenvalue weighted by Crippen LogP contribution is -2.26. The van der Waals surface area contributed by atoms with E-state index in [1.54, 1.807) is 0 Å². The van der Waals surface area contributed by atoms with E-state index in [-0.39, 0.29) is 0 Å². The minimum absolute atomic E-state index is 0.740. The molecule has 0 atom stereocenters. The maximum Gasteiger partial charge on any atom is 0.0639 e. The fourth-order valence-electron chi connectivity index (χ4n) is 3.27. The Bertz CT molecular complexity index is 625. The van der Waals surface area contributed by atoms with Crippen LogP contribution >= 0.6 is 0 Å². The van der Waals surface area contributed by atoms with Crippen LogP contribution in [0.1, 0.15) is 56.2 Å². The summed E-state index contributed by atoms with van der Waals surface area (Å²) in [4.78, 5) is 7.13. The molecule has 0 saturated carbocycles. The molecule has 0 aromatic heterocycles. The summed E-state index contributed by atoms with van der Waals surface area (Å²) in [6.45, 7) is 8.99. The molecule has 27 heavy (non-hydrogen) atoms. The summed E-state index contributed by atoms with van der Waals surface area (Å²) in [5.74, 6) is 0. The van der Waals surface area contributed by atoms with Gasteiger partial charge in [-0.05, 0) is 74.8 Å². The highest BCUT2D eigenvalue weighted by molar-refractivity contribution is 5.79. The maximum atomic E-state index is 4.54. The first-order valence-electron chi connectivity index (χ1n) is 10.5. The van der Waals surface area contributed by atoms with Gasteiger partial charge in [0.25, 0.3) is 0 Å². The third kappa shape index (κ3) is 9.01. The molecule has 1 radical (unpaired) electrons. The number of benzene rings is 2. The molecule has 0 unspecified atom stereocenters. The second-order valence-electron chi connectivity index (χ2n) is 7.17. The second kappa shape index (κ2) is 13.3. The number of hydrogen-bond donors (Lipinski definition) is 0. The molecule has 0 heterocycles. The highest BCUT2D eigenvalue weighted by Gasteiger charge is 2.02. The molecular formula is C25H35N2. The average molecular weight is 364 g/mol. The quantitative estimate of drug-likeness (QED) is 0.317. The Labute approximate surface area is 166 Å². The Hall–Kier alpha value is -1.93. The molecule has 0 spiro atoms. The smallest absolute Gasteiger partial charge is 0.0639 e. The van der Waals surface area contributed by atoms with Gasteiger partial charge in [-0.25, -0.2) is 0 Å². The van der Waals surface area contributed by atoms with Crippen LogP contribution in [0.5, 0.6) is 0 Å². The summed E-state index contributed by atoms with van der Waals surface area (Å²) in [6, 6.07) is 19.1. The lowest BCUT2D eigenvalue weighted by atomic mass is 10.0. The van der Waals surface area contributed by atoms with Crippen molar-refractivity contribution in [2.45, 2.75) is 52.5 Å². The molecule has 2 nitrogen and oxygen atoms in total. The van der Waals surface area contributed by atoms with Gasteiger partial charge in [-0.15, -0.1) is 0 Å². The van der Waals surface area contributed by atoms with E-state index in [9.17, 15) is 0 Å². The van der Waals surface area contributed by atoms with Crippen molar-refractivity contribution >= 4 is 6.21 Å². The van der Waals surface area contributed by atoms with Crippen LogP contribution in [-0.4, -0.2) is 30.7 Å². The topological polar surface area (TPSA) is 15.6 Å². The first-order chi connectivity index (χ1) is 13.3. The second-order valence-corrected chi connectivity index (χ2v) is 7.17. The van der Waals surface area contributed by atoms with Crippen LogP contribution in [0, 0.1) is 6.42 Å². The minimum Gasteiger partial charge on any atom is -0.303 e. The molecule has 0 aliphatic carbocycles. The van der Waals surface area contributed by atoms with Gasteiger partial charge in [0.05, 0.1) is 6.54 Å². The molecule has 0 amide bonds. The first kappa shape index (κ1) is 21.4. The molecule has 2 aromatic rings. The van der Waals surface area contributed by atoms with Gasteiger partial charge >= 0.3 is 0 Å². The van der Waals surface area contributed by atoms with E-state index in [0.717, 1.165) is 18.5 Å². The zero-order valence-corrected chi connectivity index (χ0v) is 17.1. The van der Waals surface area contributed by atoms with Crippen LogP contribution in [0.4, 0.5) is 0 Å². The van der Waals surface area contributed by atoms with Crippen LogP contribution in [-0.2, 0) is 13.0 Å². The Morgan fingerprint density at radius 2 is 1.48 bits per heavy atom. The van der Waals surface area contributed by atoms with Crippen molar-refractivity contribution < 1.29 is 0 Å². The standard InChI is InChI=1S/C25H35N2/c1-3-18-27(19-4-2)20-10-6-9-11-23-14-16-25(17-15-23)22-26-21-24-12-7-5-8-13-24/h5,7-9,12-17,21H,3-4,6,10-11,18-20,22H2,1-2H3. The molecule has 0 fully saturated rings. The fourth-order valence-corrected chi connectivity index (χ4v) is 3.27. The van der Waals surface area contributed by atoms with Crippen LogP contribution in [0.3, 0.4) is 0 Å². The highest BCUT2D eigenvalue weighted by Crippen LogP contribution is 2.10. The van der Waals surface area contributed by atoms with Gasteiger partial charge < -0.3 is 4.90 Å². The summed E-state index contributed by atoms with van der Waals surface area (Å²) in [6.07, 6.45) is 10.4. The van der Waals surface area contributed by atoms with Gasteiger partial charge in [-0.3, -0.25) is 4.99 Å². The van der Waals surface area contributed by atoms with Crippen molar-refractivity contribution in [3.63, 3.8) is 0 Å². The Morgan fingerprint density at radius 3 is 2.15 bits per heavy atom. The number of nitrogens with zero attached hydrogens (tertiary/aromatic N) is 2. The Morgan fingerprint density at radius 1 is 0.815 bits per heavy atom. The van der Waals surface area contributed by atoms with Crippen molar-refractivity contribution in [1.82, 2.24) is 4.90 Å². The lowest BCUT2D eigenvalue weighted by Gasteiger charge is -2.20. The van der Waals surface area contributed by atoms with Gasteiger partial charge in [0.15, 0.2) is 0 Å². The summed E-state index contributed by atoms with van der Waals surface area (Å²) in [7, 11) is 0. The third-order valence-electron chi connectivity index (χ3n) is 4.68. The minimum atomic E-state index is 0.740. The summed E-state index contributed by atoms with van der Waals surface area (Å²) in [5, 5.41) is 0. The van der Waals surface area contributed by atoms with Crippen molar-refractivity contribution in [2.24, 2.45) is 4.99 Å². The third-order valence-corrected chi connectivity index (χ3v) is 4.68. The maximum absolute atomic E-state index is 4.54. The van der Waals surface area contributed by atoms with Gasteiger partial charge in [0.1, 0.15) is 0 Å². The van der Waals surface area contributed by atoms with E-state index in [2.05, 4.69) is 66.6 Å². The first-order valence-corrected chi connectivity index (χ1v) is 10.5. The predicted molar refractivity (Wildman–Crippen MR) is 118 cm³/mol. The molecular weight excluding hydrogens is 328 g/mol. The predicted octanol–water partition coefficient (Wildman–Crippen LogP) is 5.95. The molecule has 0 aliphatic heterocycles. The number of aliphatic imine (C=N–C) groups is 1. The molecule has 2 heteroatoms. The molecule has 0 aliphatic rings. The SMILES string of the molecule is CCCN(CCC)CCC[CH]Cc1ccc(CN=Cc2ccccc2)cc1. The van der Waals surface area contributed by atoms with Crippen LogP contribution in [0.2, 0.25) is 0 Å². The van der Waals surface area contributed by atoms with Crippen molar-refractivity contribution in [1.29, 1.82) is 0 Å². The van der Waals surface area contributed by atoms with E-state index in [1.165, 1.54) is 56.4 Å². The van der Waals surface area contributed by atoms with E-state index in [1.807, 2.05) is 24.4 Å². The van der Waals surface area contributed by atoms with Gasteiger partial charge in [0, 0.05) is 6.21 Å². The summed E-state index contributed by atoms with van der Waals surface area (Å²) in [5.41, 5.74) is 3.81. The summed E-state index contributed by atoms with van der Waals surface area (Å²) >= 11 is 0. The van der Waals surface area contributed by atoms with Crippen molar-refractivity contribution in [3.8, 4) is 0 Å². The van der Waals surface area contributed by atoms with E-state index in [0.29, 0.717) is 0 Å². The fraction of sp³-hybridized carbons (Fsp3) is 0.440. The van der Waals surface area contributed by atoms with Crippen molar-refractivity contribution in [2.75, 3.05) is 19.6 Å². The van der Waals surface area contributed by atoms with Crippen LogP contribution in [0.15, 0.2) is 59.6 Å². The highest BCUT2D eigenvalue weighted by atomic mass is 15.1. The van der Waals surface area contributed by atoms with E-state index >= 15 is 0 Å². The van der Waals surface area contributed by atoms with Crippen LogP contribution < -0.4 is 0 Å². The Kier molecular flexibility index (Phi) is 10.5. The molecule has 0 N–H and O–H groups in total. The monoisotopic (exact) mass is 363 g/mol. The Balaban J connectivity index is 1.64. The van der Waals surface area contributed by atoms with Crippen LogP contribution in [0.25, 0.3) is 0 Å². The lowest BCUT2D eigenvalue weighted by molar-refractivity contribution is 0.271. The molecule has 145 valence electrons. The van der Waals surface area contributed by atoms with E-state index < -0.39 is 0 Å². The van der Waals surface area contributed by atoms with Crippen molar-refractivity contribution in [3.05, 3.63) is 77.7 Å². The summed E-state index contributed by atoms with van der Waals surface area (Å²) < 4.78 is 0. The molecule has 0 saturated heterocycles.